The lowest BCUT2D eigenvalue weighted by Gasteiger charge is -2.29. The molecule has 2 heteroatoms. The summed E-state index contributed by atoms with van der Waals surface area (Å²) in [5.41, 5.74) is 12.4. The highest BCUT2D eigenvalue weighted by Gasteiger charge is 2.27. The number of hydrogen-bond acceptors (Lipinski definition) is 1. The van der Waals surface area contributed by atoms with E-state index in [1.54, 1.807) is 0 Å². The quantitative estimate of drug-likeness (QED) is 0.224. The second kappa shape index (κ2) is 10.9. The number of H-pyrrole nitrogens is 1. The summed E-state index contributed by atoms with van der Waals surface area (Å²) in [6, 6.07) is 33.1. The molecule has 2 nitrogen and oxygen atoms in total. The first-order valence-electron chi connectivity index (χ1n) is 14.5. The molecule has 2 aromatic heterocycles. The molecule has 0 aliphatic rings. The summed E-state index contributed by atoms with van der Waals surface area (Å²) in [7, 11) is 0. The molecule has 0 aliphatic heterocycles. The average molecular weight is 527 g/mol. The molecule has 0 spiro atoms. The summed E-state index contributed by atoms with van der Waals surface area (Å²) in [5, 5.41) is 0. The van der Waals surface area contributed by atoms with E-state index < -0.39 is 0 Å². The first kappa shape index (κ1) is 27.6. The molecule has 0 aliphatic carbocycles. The van der Waals surface area contributed by atoms with Gasteiger partial charge in [0.2, 0.25) is 0 Å². The standard InChI is InChI=1S/C38H42N2/c1-26(2)30-18-20-35(39-24-30)32-16-12-11-15-29(32)23-38(6,7)34-19-17-28(27-13-9-8-10-14-27)21-33(34)36-22-31(25-40-36)37(3,4)5/h8-22,24-26,40H,23H2,1-7H3. The molecule has 0 saturated carbocycles. The van der Waals surface area contributed by atoms with Gasteiger partial charge in [-0.1, -0.05) is 121 Å². The molecule has 0 fully saturated rings. The van der Waals surface area contributed by atoms with E-state index in [0.717, 1.165) is 12.1 Å². The van der Waals surface area contributed by atoms with Crippen LogP contribution in [0.15, 0.2) is 103 Å². The van der Waals surface area contributed by atoms with Gasteiger partial charge in [0.25, 0.3) is 0 Å². The Bertz CT molecular complexity index is 1580. The fourth-order valence-electron chi connectivity index (χ4n) is 5.55. The molecule has 5 aromatic rings. The fourth-order valence-corrected chi connectivity index (χ4v) is 5.55. The van der Waals surface area contributed by atoms with Gasteiger partial charge >= 0.3 is 0 Å². The second-order valence-electron chi connectivity index (χ2n) is 13.0. The number of benzene rings is 3. The van der Waals surface area contributed by atoms with Gasteiger partial charge < -0.3 is 4.98 Å². The molecule has 0 radical (unpaired) electrons. The minimum absolute atomic E-state index is 0.0819. The predicted octanol–water partition coefficient (Wildman–Crippen LogP) is 10.4. The first-order valence-corrected chi connectivity index (χ1v) is 14.5. The summed E-state index contributed by atoms with van der Waals surface area (Å²) >= 11 is 0. The molecule has 0 amide bonds. The molecule has 40 heavy (non-hydrogen) atoms. The van der Waals surface area contributed by atoms with E-state index in [2.05, 4.69) is 151 Å². The smallest absolute Gasteiger partial charge is 0.0704 e. The van der Waals surface area contributed by atoms with Crippen LogP contribution in [0, 0.1) is 0 Å². The summed E-state index contributed by atoms with van der Waals surface area (Å²) < 4.78 is 0. The molecule has 1 N–H and O–H groups in total. The number of hydrogen-bond donors (Lipinski definition) is 1. The lowest BCUT2D eigenvalue weighted by molar-refractivity contribution is 0.524. The summed E-state index contributed by atoms with van der Waals surface area (Å²) in [6.45, 7) is 16.0. The Balaban J connectivity index is 1.58. The van der Waals surface area contributed by atoms with Crippen molar-refractivity contribution in [3.63, 3.8) is 0 Å². The first-order chi connectivity index (χ1) is 19.0. The third-order valence-electron chi connectivity index (χ3n) is 8.07. The van der Waals surface area contributed by atoms with Crippen molar-refractivity contribution in [1.29, 1.82) is 0 Å². The Morgan fingerprint density at radius 2 is 1.45 bits per heavy atom. The number of nitrogens with one attached hydrogen (secondary N) is 1. The lowest BCUT2D eigenvalue weighted by Crippen LogP contribution is -2.22. The normalized spacial score (nSPS) is 12.2. The van der Waals surface area contributed by atoms with E-state index in [4.69, 9.17) is 4.98 Å². The predicted molar refractivity (Wildman–Crippen MR) is 171 cm³/mol. The largest absolute Gasteiger partial charge is 0.361 e. The third kappa shape index (κ3) is 5.82. The van der Waals surface area contributed by atoms with Crippen molar-refractivity contribution in [1.82, 2.24) is 9.97 Å². The fraction of sp³-hybridized carbons (Fsp3) is 0.289. The van der Waals surface area contributed by atoms with Crippen LogP contribution in [0.5, 0.6) is 0 Å². The van der Waals surface area contributed by atoms with Crippen molar-refractivity contribution < 1.29 is 0 Å². The van der Waals surface area contributed by atoms with E-state index in [9.17, 15) is 0 Å². The monoisotopic (exact) mass is 526 g/mol. The number of rotatable bonds is 7. The van der Waals surface area contributed by atoms with Crippen LogP contribution >= 0.6 is 0 Å². The van der Waals surface area contributed by atoms with Crippen LogP contribution in [-0.2, 0) is 17.3 Å². The zero-order valence-corrected chi connectivity index (χ0v) is 25.0. The zero-order valence-electron chi connectivity index (χ0n) is 25.0. The molecule has 0 atom stereocenters. The molecular formula is C38H42N2. The van der Waals surface area contributed by atoms with Crippen LogP contribution in [0.1, 0.15) is 76.6 Å². The van der Waals surface area contributed by atoms with Crippen molar-refractivity contribution in [2.75, 3.05) is 0 Å². The minimum atomic E-state index is -0.120. The summed E-state index contributed by atoms with van der Waals surface area (Å²) in [6.07, 6.45) is 5.10. The van der Waals surface area contributed by atoms with Crippen molar-refractivity contribution >= 4 is 0 Å². The van der Waals surface area contributed by atoms with Gasteiger partial charge in [0.15, 0.2) is 0 Å². The van der Waals surface area contributed by atoms with E-state index in [1.807, 2.05) is 6.20 Å². The zero-order chi connectivity index (χ0) is 28.5. The van der Waals surface area contributed by atoms with Crippen LogP contribution in [0.4, 0.5) is 0 Å². The van der Waals surface area contributed by atoms with Crippen molar-refractivity contribution in [3.8, 4) is 33.6 Å². The van der Waals surface area contributed by atoms with Gasteiger partial charge in [-0.05, 0) is 74.7 Å². The summed E-state index contributed by atoms with van der Waals surface area (Å²) in [4.78, 5) is 8.49. The molecule has 0 unspecified atom stereocenters. The highest BCUT2D eigenvalue weighted by molar-refractivity contribution is 5.76. The van der Waals surface area contributed by atoms with Gasteiger partial charge in [-0.3, -0.25) is 4.98 Å². The van der Waals surface area contributed by atoms with Crippen LogP contribution in [0.2, 0.25) is 0 Å². The number of aromatic amines is 1. The Morgan fingerprint density at radius 1 is 0.725 bits per heavy atom. The van der Waals surface area contributed by atoms with Crippen LogP contribution in [0.3, 0.4) is 0 Å². The Hall–Kier alpha value is -3.91. The van der Waals surface area contributed by atoms with E-state index in [0.29, 0.717) is 5.92 Å². The molecule has 204 valence electrons. The van der Waals surface area contributed by atoms with Crippen molar-refractivity contribution in [3.05, 3.63) is 126 Å². The Morgan fingerprint density at radius 3 is 2.10 bits per heavy atom. The molecule has 0 saturated heterocycles. The van der Waals surface area contributed by atoms with E-state index in [1.165, 1.54) is 50.2 Å². The van der Waals surface area contributed by atoms with Crippen LogP contribution in [-0.4, -0.2) is 9.97 Å². The highest BCUT2D eigenvalue weighted by Crippen LogP contribution is 2.40. The molecule has 2 heterocycles. The van der Waals surface area contributed by atoms with Gasteiger partial charge in [0, 0.05) is 29.2 Å². The Kier molecular flexibility index (Phi) is 7.55. The third-order valence-corrected chi connectivity index (χ3v) is 8.07. The van der Waals surface area contributed by atoms with Crippen LogP contribution in [0.25, 0.3) is 33.6 Å². The maximum absolute atomic E-state index is 4.86. The highest BCUT2D eigenvalue weighted by atomic mass is 14.7. The maximum Gasteiger partial charge on any atom is 0.0704 e. The second-order valence-corrected chi connectivity index (χ2v) is 13.0. The number of pyridine rings is 1. The molecule has 0 bridgehead atoms. The molecule has 5 rings (SSSR count). The maximum atomic E-state index is 4.86. The van der Waals surface area contributed by atoms with Gasteiger partial charge in [-0.25, -0.2) is 0 Å². The molecule has 3 aromatic carbocycles. The van der Waals surface area contributed by atoms with Crippen LogP contribution < -0.4 is 0 Å². The van der Waals surface area contributed by atoms with Crippen molar-refractivity contribution in [2.24, 2.45) is 0 Å². The van der Waals surface area contributed by atoms with E-state index in [-0.39, 0.29) is 10.8 Å². The summed E-state index contributed by atoms with van der Waals surface area (Å²) in [5.74, 6) is 0.472. The van der Waals surface area contributed by atoms with Gasteiger partial charge in [0.05, 0.1) is 5.69 Å². The van der Waals surface area contributed by atoms with Crippen molar-refractivity contribution in [2.45, 2.75) is 71.6 Å². The SMILES string of the molecule is CC(C)c1ccc(-c2ccccc2CC(C)(C)c2ccc(-c3ccccc3)cc2-c2cc(C(C)(C)C)c[nH]2)nc1. The number of aromatic nitrogens is 2. The topological polar surface area (TPSA) is 28.7 Å². The number of nitrogens with zero attached hydrogens (tertiary/aromatic N) is 1. The molecular weight excluding hydrogens is 484 g/mol. The van der Waals surface area contributed by atoms with Gasteiger partial charge in [-0.15, -0.1) is 0 Å². The minimum Gasteiger partial charge on any atom is -0.361 e. The average Bonchev–Trinajstić information content (AvgIpc) is 3.45. The lowest BCUT2D eigenvalue weighted by atomic mass is 9.75. The Labute approximate surface area is 240 Å². The van der Waals surface area contributed by atoms with Gasteiger partial charge in [0.1, 0.15) is 0 Å². The van der Waals surface area contributed by atoms with Gasteiger partial charge in [-0.2, -0.15) is 0 Å². The van der Waals surface area contributed by atoms with E-state index >= 15 is 0 Å².